The minimum Gasteiger partial charge on any atom is -0.399 e. The van der Waals surface area contributed by atoms with Gasteiger partial charge in [0.1, 0.15) is 0 Å². The van der Waals surface area contributed by atoms with Crippen LogP contribution in [0.25, 0.3) is 0 Å². The molecular formula is C14H12F4N2. The summed E-state index contributed by atoms with van der Waals surface area (Å²) in [6, 6.07) is 8.18. The summed E-state index contributed by atoms with van der Waals surface area (Å²) in [7, 11) is 0. The monoisotopic (exact) mass is 284 g/mol. The summed E-state index contributed by atoms with van der Waals surface area (Å²) in [4.78, 5) is 0. The lowest BCUT2D eigenvalue weighted by molar-refractivity contribution is -0.223. The second-order valence-corrected chi connectivity index (χ2v) is 4.39. The predicted octanol–water partition coefficient (Wildman–Crippen LogP) is 3.73. The van der Waals surface area contributed by atoms with E-state index in [0.717, 1.165) is 48.5 Å². The minimum absolute atomic E-state index is 0.223. The van der Waals surface area contributed by atoms with E-state index in [4.69, 9.17) is 11.5 Å². The quantitative estimate of drug-likeness (QED) is 0.666. The molecule has 0 unspecified atom stereocenters. The highest BCUT2D eigenvalue weighted by atomic mass is 19.3. The van der Waals surface area contributed by atoms with E-state index in [1.54, 1.807) is 0 Å². The lowest BCUT2D eigenvalue weighted by Crippen LogP contribution is -2.35. The maximum Gasteiger partial charge on any atom is 0.339 e. The van der Waals surface area contributed by atoms with E-state index in [-0.39, 0.29) is 11.4 Å². The van der Waals surface area contributed by atoms with Gasteiger partial charge in [0, 0.05) is 22.5 Å². The second-order valence-electron chi connectivity index (χ2n) is 4.39. The Balaban J connectivity index is 2.45. The van der Waals surface area contributed by atoms with Crippen molar-refractivity contribution in [1.29, 1.82) is 0 Å². The van der Waals surface area contributed by atoms with Crippen LogP contribution in [0.15, 0.2) is 48.5 Å². The fraction of sp³-hybridized carbons (Fsp3) is 0.143. The van der Waals surface area contributed by atoms with Gasteiger partial charge in [0.05, 0.1) is 0 Å². The third-order valence-corrected chi connectivity index (χ3v) is 2.94. The molecule has 0 aliphatic heterocycles. The van der Waals surface area contributed by atoms with Crippen LogP contribution in [0.4, 0.5) is 28.9 Å². The average molecular weight is 284 g/mol. The van der Waals surface area contributed by atoms with Crippen LogP contribution in [-0.2, 0) is 11.8 Å². The molecule has 0 spiro atoms. The van der Waals surface area contributed by atoms with Crippen molar-refractivity contribution >= 4 is 11.4 Å². The molecular weight excluding hydrogens is 272 g/mol. The lowest BCUT2D eigenvalue weighted by Gasteiger charge is -2.27. The van der Waals surface area contributed by atoms with Gasteiger partial charge in [-0.1, -0.05) is 24.3 Å². The molecule has 0 heterocycles. The molecule has 6 heteroatoms. The summed E-state index contributed by atoms with van der Waals surface area (Å²) in [5.41, 5.74) is 9.57. The molecule has 106 valence electrons. The van der Waals surface area contributed by atoms with Crippen LogP contribution in [0.5, 0.6) is 0 Å². The average Bonchev–Trinajstić information content (AvgIpc) is 2.39. The van der Waals surface area contributed by atoms with Crippen molar-refractivity contribution in [3.8, 4) is 0 Å². The molecule has 0 fully saturated rings. The summed E-state index contributed by atoms with van der Waals surface area (Å²) in [6.07, 6.45) is 0. The molecule has 0 radical (unpaired) electrons. The fourth-order valence-electron chi connectivity index (χ4n) is 1.75. The van der Waals surface area contributed by atoms with E-state index in [1.165, 1.54) is 0 Å². The Morgan fingerprint density at radius 3 is 1.05 bits per heavy atom. The summed E-state index contributed by atoms with van der Waals surface area (Å²) in [6.45, 7) is 0. The van der Waals surface area contributed by atoms with E-state index in [9.17, 15) is 17.6 Å². The third-order valence-electron chi connectivity index (χ3n) is 2.94. The van der Waals surface area contributed by atoms with E-state index >= 15 is 0 Å². The first kappa shape index (κ1) is 14.2. The summed E-state index contributed by atoms with van der Waals surface area (Å²) in [5, 5.41) is 0. The lowest BCUT2D eigenvalue weighted by atomic mass is 9.96. The Labute approximate surface area is 113 Å². The standard InChI is InChI=1S/C14H12F4N2/c15-13(16,9-1-5-11(19)6-2-9)14(17,18)10-3-7-12(20)8-4-10/h1-8H,19-20H2. The fourth-order valence-corrected chi connectivity index (χ4v) is 1.75. The first-order chi connectivity index (χ1) is 9.25. The summed E-state index contributed by atoms with van der Waals surface area (Å²) in [5.74, 6) is -8.70. The SMILES string of the molecule is Nc1ccc(C(F)(F)C(F)(F)c2ccc(N)cc2)cc1. The maximum atomic E-state index is 14.0. The van der Waals surface area contributed by atoms with Gasteiger partial charge in [-0.2, -0.15) is 17.6 Å². The normalized spacial score (nSPS) is 12.4. The van der Waals surface area contributed by atoms with Gasteiger partial charge in [0.25, 0.3) is 0 Å². The smallest absolute Gasteiger partial charge is 0.339 e. The van der Waals surface area contributed by atoms with Crippen LogP contribution in [0.2, 0.25) is 0 Å². The van der Waals surface area contributed by atoms with Crippen molar-refractivity contribution in [3.63, 3.8) is 0 Å². The Morgan fingerprint density at radius 1 is 0.550 bits per heavy atom. The van der Waals surface area contributed by atoms with Crippen LogP contribution >= 0.6 is 0 Å². The number of rotatable bonds is 3. The van der Waals surface area contributed by atoms with Crippen molar-refractivity contribution in [2.75, 3.05) is 11.5 Å². The van der Waals surface area contributed by atoms with Gasteiger partial charge in [-0.25, -0.2) is 0 Å². The van der Waals surface area contributed by atoms with Crippen molar-refractivity contribution in [1.82, 2.24) is 0 Å². The second kappa shape index (κ2) is 4.70. The number of hydrogen-bond donors (Lipinski definition) is 2. The van der Waals surface area contributed by atoms with E-state index < -0.39 is 23.0 Å². The highest BCUT2D eigenvalue weighted by Gasteiger charge is 2.58. The molecule has 2 aromatic carbocycles. The predicted molar refractivity (Wildman–Crippen MR) is 69.5 cm³/mol. The molecule has 0 aliphatic rings. The van der Waals surface area contributed by atoms with Gasteiger partial charge in [-0.3, -0.25) is 0 Å². The zero-order valence-electron chi connectivity index (χ0n) is 10.3. The number of benzene rings is 2. The highest BCUT2D eigenvalue weighted by Crippen LogP contribution is 2.49. The first-order valence-corrected chi connectivity index (χ1v) is 5.73. The molecule has 20 heavy (non-hydrogen) atoms. The Hall–Kier alpha value is -2.24. The van der Waals surface area contributed by atoms with Gasteiger partial charge in [-0.15, -0.1) is 0 Å². The van der Waals surface area contributed by atoms with Gasteiger partial charge in [0.2, 0.25) is 0 Å². The van der Waals surface area contributed by atoms with Crippen LogP contribution in [0.1, 0.15) is 11.1 Å². The van der Waals surface area contributed by atoms with Crippen molar-refractivity contribution in [2.45, 2.75) is 11.8 Å². The molecule has 0 aromatic heterocycles. The Kier molecular flexibility index (Phi) is 3.33. The number of anilines is 2. The summed E-state index contributed by atoms with van der Waals surface area (Å²) < 4.78 is 56.1. The minimum atomic E-state index is -4.35. The Bertz CT molecular complexity index is 536. The number of hydrogen-bond acceptors (Lipinski definition) is 2. The molecule has 0 atom stereocenters. The molecule has 0 amide bonds. The first-order valence-electron chi connectivity index (χ1n) is 5.73. The Morgan fingerprint density at radius 2 is 0.800 bits per heavy atom. The van der Waals surface area contributed by atoms with Crippen molar-refractivity contribution < 1.29 is 17.6 Å². The van der Waals surface area contributed by atoms with Crippen molar-refractivity contribution in [3.05, 3.63) is 59.7 Å². The topological polar surface area (TPSA) is 52.0 Å². The van der Waals surface area contributed by atoms with Crippen LogP contribution in [0, 0.1) is 0 Å². The number of nitrogens with two attached hydrogens (primary N) is 2. The van der Waals surface area contributed by atoms with Crippen LogP contribution in [-0.4, -0.2) is 0 Å². The van der Waals surface area contributed by atoms with Crippen molar-refractivity contribution in [2.24, 2.45) is 0 Å². The number of alkyl halides is 4. The number of halogens is 4. The van der Waals surface area contributed by atoms with E-state index in [1.807, 2.05) is 0 Å². The highest BCUT2D eigenvalue weighted by molar-refractivity contribution is 5.44. The zero-order chi connectivity index (χ0) is 15.0. The molecule has 2 aromatic rings. The third kappa shape index (κ3) is 2.29. The molecule has 2 nitrogen and oxygen atoms in total. The molecule has 4 N–H and O–H groups in total. The maximum absolute atomic E-state index is 14.0. The molecule has 2 rings (SSSR count). The molecule has 0 bridgehead atoms. The van der Waals surface area contributed by atoms with E-state index in [2.05, 4.69) is 0 Å². The summed E-state index contributed by atoms with van der Waals surface area (Å²) >= 11 is 0. The molecule has 0 aliphatic carbocycles. The van der Waals surface area contributed by atoms with Gasteiger partial charge in [-0.05, 0) is 24.3 Å². The molecule has 0 saturated heterocycles. The van der Waals surface area contributed by atoms with Gasteiger partial charge >= 0.3 is 11.8 Å². The zero-order valence-corrected chi connectivity index (χ0v) is 10.3. The van der Waals surface area contributed by atoms with Crippen LogP contribution in [0.3, 0.4) is 0 Å². The van der Waals surface area contributed by atoms with Gasteiger partial charge < -0.3 is 11.5 Å². The number of nitrogen functional groups attached to an aromatic ring is 2. The van der Waals surface area contributed by atoms with Gasteiger partial charge in [0.15, 0.2) is 0 Å². The van der Waals surface area contributed by atoms with Crippen LogP contribution < -0.4 is 11.5 Å². The largest absolute Gasteiger partial charge is 0.399 e. The van der Waals surface area contributed by atoms with E-state index in [0.29, 0.717) is 0 Å². The molecule has 0 saturated carbocycles.